The summed E-state index contributed by atoms with van der Waals surface area (Å²) in [6.45, 7) is 1.47. The van der Waals surface area contributed by atoms with E-state index in [0.717, 1.165) is 5.56 Å². The Morgan fingerprint density at radius 3 is 2.61 bits per heavy atom. The molecule has 1 aliphatic rings. The summed E-state index contributed by atoms with van der Waals surface area (Å²) in [5.41, 5.74) is -0.311. The highest BCUT2D eigenvalue weighted by atomic mass is 19.1. The summed E-state index contributed by atoms with van der Waals surface area (Å²) in [6, 6.07) is 9.55. The Kier molecular flexibility index (Phi) is 6.32. The van der Waals surface area contributed by atoms with Crippen LogP contribution in [0.5, 0.6) is 0 Å². The third-order valence-corrected chi connectivity index (χ3v) is 2.64. The standard InChI is InChI=1S/C8H8O2.C5H10FNO/c9-7-10-6-8-4-2-1-3-5-8;6-5(4-8)1-2-7-3-5/h1-5,7H,6H2;7-8H,1-4H2. The van der Waals surface area contributed by atoms with E-state index in [4.69, 9.17) is 5.11 Å². The Labute approximate surface area is 106 Å². The van der Waals surface area contributed by atoms with Crippen LogP contribution in [0.3, 0.4) is 0 Å². The summed E-state index contributed by atoms with van der Waals surface area (Å²) < 4.78 is 17.3. The molecule has 2 rings (SSSR count). The van der Waals surface area contributed by atoms with Crippen LogP contribution in [0.2, 0.25) is 0 Å². The fraction of sp³-hybridized carbons (Fsp3) is 0.462. The third kappa shape index (κ3) is 5.25. The fourth-order valence-electron chi connectivity index (χ4n) is 1.55. The first-order valence-electron chi connectivity index (χ1n) is 5.80. The lowest BCUT2D eigenvalue weighted by Gasteiger charge is -2.12. The summed E-state index contributed by atoms with van der Waals surface area (Å²) in [5.74, 6) is 0. The van der Waals surface area contributed by atoms with Gasteiger partial charge in [-0.25, -0.2) is 4.39 Å². The number of alkyl halides is 1. The zero-order chi connectivity index (χ0) is 13.3. The highest BCUT2D eigenvalue weighted by Crippen LogP contribution is 2.17. The molecule has 0 amide bonds. The van der Waals surface area contributed by atoms with Gasteiger partial charge in [-0.1, -0.05) is 30.3 Å². The van der Waals surface area contributed by atoms with E-state index in [-0.39, 0.29) is 6.61 Å². The van der Waals surface area contributed by atoms with Gasteiger partial charge in [-0.3, -0.25) is 4.79 Å². The quantitative estimate of drug-likeness (QED) is 0.789. The molecule has 1 aromatic rings. The molecule has 1 aliphatic heterocycles. The van der Waals surface area contributed by atoms with E-state index in [0.29, 0.717) is 32.6 Å². The van der Waals surface area contributed by atoms with Gasteiger partial charge in [0.15, 0.2) is 0 Å². The topological polar surface area (TPSA) is 58.6 Å². The SMILES string of the molecule is O=COCc1ccccc1.OCC1(F)CCNC1. The molecule has 0 spiro atoms. The van der Waals surface area contributed by atoms with Crippen molar-refractivity contribution in [1.82, 2.24) is 5.32 Å². The van der Waals surface area contributed by atoms with Gasteiger partial charge >= 0.3 is 0 Å². The zero-order valence-electron chi connectivity index (χ0n) is 10.1. The highest BCUT2D eigenvalue weighted by molar-refractivity contribution is 5.37. The van der Waals surface area contributed by atoms with E-state index in [1.54, 1.807) is 0 Å². The van der Waals surface area contributed by atoms with Gasteiger partial charge in [0.25, 0.3) is 6.47 Å². The summed E-state index contributed by atoms with van der Waals surface area (Å²) in [5, 5.41) is 11.2. The van der Waals surface area contributed by atoms with Gasteiger partial charge in [0.2, 0.25) is 0 Å². The summed E-state index contributed by atoms with van der Waals surface area (Å²) in [6.07, 6.45) is 0.448. The van der Waals surface area contributed by atoms with E-state index in [2.05, 4.69) is 10.1 Å². The van der Waals surface area contributed by atoms with Crippen LogP contribution in [0.4, 0.5) is 4.39 Å². The van der Waals surface area contributed by atoms with Gasteiger partial charge in [0.05, 0.1) is 6.61 Å². The molecule has 4 nitrogen and oxygen atoms in total. The molecule has 0 saturated carbocycles. The maximum absolute atomic E-state index is 12.7. The van der Waals surface area contributed by atoms with Crippen molar-refractivity contribution in [2.24, 2.45) is 0 Å². The van der Waals surface area contributed by atoms with Crippen LogP contribution in [0.15, 0.2) is 30.3 Å². The van der Waals surface area contributed by atoms with E-state index in [9.17, 15) is 9.18 Å². The number of aliphatic hydroxyl groups is 1. The molecule has 1 heterocycles. The number of hydrogen-bond donors (Lipinski definition) is 2. The highest BCUT2D eigenvalue weighted by Gasteiger charge is 2.32. The van der Waals surface area contributed by atoms with Gasteiger partial charge in [-0.05, 0) is 18.5 Å². The minimum absolute atomic E-state index is 0.309. The molecule has 18 heavy (non-hydrogen) atoms. The van der Waals surface area contributed by atoms with Crippen LogP contribution in [0.1, 0.15) is 12.0 Å². The molecule has 2 N–H and O–H groups in total. The summed E-state index contributed by atoms with van der Waals surface area (Å²) in [4.78, 5) is 9.76. The average molecular weight is 255 g/mol. The molecule has 100 valence electrons. The van der Waals surface area contributed by atoms with E-state index < -0.39 is 5.67 Å². The summed E-state index contributed by atoms with van der Waals surface area (Å²) >= 11 is 0. The second kappa shape index (κ2) is 7.79. The molecule has 1 unspecified atom stereocenters. The molecular formula is C13H18FNO3. The normalized spacial score (nSPS) is 21.9. The monoisotopic (exact) mass is 255 g/mol. The maximum Gasteiger partial charge on any atom is 0.293 e. The second-order valence-corrected chi connectivity index (χ2v) is 4.13. The van der Waals surface area contributed by atoms with Crippen LogP contribution < -0.4 is 5.32 Å². The first-order chi connectivity index (χ1) is 8.70. The predicted molar refractivity (Wildman–Crippen MR) is 65.7 cm³/mol. The molecule has 0 aromatic heterocycles. The molecule has 1 atom stereocenters. The second-order valence-electron chi connectivity index (χ2n) is 4.13. The number of carbonyl (C=O) groups excluding carboxylic acids is 1. The van der Waals surface area contributed by atoms with Gasteiger partial charge in [0.1, 0.15) is 12.3 Å². The Balaban J connectivity index is 0.000000184. The number of halogens is 1. The Bertz CT molecular complexity index is 339. The average Bonchev–Trinajstić information content (AvgIpc) is 2.86. The number of carbonyl (C=O) groups is 1. The number of aliphatic hydroxyl groups excluding tert-OH is 1. The van der Waals surface area contributed by atoms with Crippen molar-refractivity contribution in [2.45, 2.75) is 18.7 Å². The van der Waals surface area contributed by atoms with Crippen LogP contribution in [0, 0.1) is 0 Å². The van der Waals surface area contributed by atoms with Crippen LogP contribution in [-0.4, -0.2) is 36.9 Å². The Morgan fingerprint density at radius 2 is 2.17 bits per heavy atom. The van der Waals surface area contributed by atoms with Crippen LogP contribution >= 0.6 is 0 Å². The predicted octanol–water partition coefficient (Wildman–Crippen LogP) is 1.04. The number of hydrogen-bond acceptors (Lipinski definition) is 4. The fourth-order valence-corrected chi connectivity index (χ4v) is 1.55. The van der Waals surface area contributed by atoms with Crippen molar-refractivity contribution < 1.29 is 19.0 Å². The van der Waals surface area contributed by atoms with Crippen LogP contribution in [0.25, 0.3) is 0 Å². The van der Waals surface area contributed by atoms with Gasteiger partial charge in [-0.15, -0.1) is 0 Å². The lowest BCUT2D eigenvalue weighted by atomic mass is 10.1. The minimum atomic E-state index is -1.32. The number of ether oxygens (including phenoxy) is 1. The van der Waals surface area contributed by atoms with Crippen molar-refractivity contribution in [3.05, 3.63) is 35.9 Å². The first-order valence-corrected chi connectivity index (χ1v) is 5.80. The van der Waals surface area contributed by atoms with E-state index in [1.807, 2.05) is 30.3 Å². The molecule has 0 bridgehead atoms. The van der Waals surface area contributed by atoms with Crippen molar-refractivity contribution in [1.29, 1.82) is 0 Å². The van der Waals surface area contributed by atoms with Gasteiger partial charge in [-0.2, -0.15) is 0 Å². The van der Waals surface area contributed by atoms with Crippen molar-refractivity contribution in [3.8, 4) is 0 Å². The Hall–Kier alpha value is -1.46. The molecule has 1 fully saturated rings. The van der Waals surface area contributed by atoms with E-state index in [1.165, 1.54) is 0 Å². The van der Waals surface area contributed by atoms with E-state index >= 15 is 0 Å². The van der Waals surface area contributed by atoms with Gasteiger partial charge in [0, 0.05) is 6.54 Å². The first kappa shape index (κ1) is 14.6. The molecule has 0 radical (unpaired) electrons. The zero-order valence-corrected chi connectivity index (χ0v) is 10.1. The number of rotatable bonds is 4. The largest absolute Gasteiger partial charge is 0.463 e. The third-order valence-electron chi connectivity index (χ3n) is 2.64. The lowest BCUT2D eigenvalue weighted by molar-refractivity contribution is -0.129. The van der Waals surface area contributed by atoms with Crippen molar-refractivity contribution >= 4 is 6.47 Å². The number of benzene rings is 1. The number of nitrogens with one attached hydrogen (secondary N) is 1. The molecule has 1 saturated heterocycles. The van der Waals surface area contributed by atoms with Gasteiger partial charge < -0.3 is 15.2 Å². The minimum Gasteiger partial charge on any atom is -0.463 e. The molecule has 1 aromatic carbocycles. The van der Waals surface area contributed by atoms with Crippen molar-refractivity contribution in [2.75, 3.05) is 19.7 Å². The lowest BCUT2D eigenvalue weighted by Crippen LogP contribution is -2.29. The molecule has 0 aliphatic carbocycles. The molecular weight excluding hydrogens is 237 g/mol. The molecule has 5 heteroatoms. The maximum atomic E-state index is 12.7. The van der Waals surface area contributed by atoms with Crippen LogP contribution in [-0.2, 0) is 16.1 Å². The Morgan fingerprint density at radius 1 is 1.44 bits per heavy atom. The van der Waals surface area contributed by atoms with Crippen molar-refractivity contribution in [3.63, 3.8) is 0 Å². The summed E-state index contributed by atoms with van der Waals surface area (Å²) in [7, 11) is 0. The smallest absolute Gasteiger partial charge is 0.293 e.